The van der Waals surface area contributed by atoms with Crippen LogP contribution in [0.4, 0.5) is 0 Å². The molecule has 0 radical (unpaired) electrons. The molecule has 0 bridgehead atoms. The maximum Gasteiger partial charge on any atom is 0.250 e. The van der Waals surface area contributed by atoms with Crippen molar-refractivity contribution in [1.29, 1.82) is 0 Å². The van der Waals surface area contributed by atoms with Crippen LogP contribution in [0, 0.1) is 0 Å². The van der Waals surface area contributed by atoms with Crippen LogP contribution in [-0.2, 0) is 4.79 Å². The van der Waals surface area contributed by atoms with E-state index >= 15 is 0 Å². The zero-order chi connectivity index (χ0) is 11.5. The van der Waals surface area contributed by atoms with Gasteiger partial charge in [0.2, 0.25) is 5.91 Å². The van der Waals surface area contributed by atoms with Crippen molar-refractivity contribution < 1.29 is 4.79 Å². The summed E-state index contributed by atoms with van der Waals surface area (Å²) >= 11 is 0. The summed E-state index contributed by atoms with van der Waals surface area (Å²) in [7, 11) is 0. The summed E-state index contributed by atoms with van der Waals surface area (Å²) in [6.45, 7) is 7.48. The average Bonchev–Trinajstić information content (AvgIpc) is 2.21. The maximum absolute atomic E-state index is 11.1. The van der Waals surface area contributed by atoms with Crippen LogP contribution < -0.4 is 5.32 Å². The highest BCUT2D eigenvalue weighted by atomic mass is 16.1. The van der Waals surface area contributed by atoms with Crippen molar-refractivity contribution in [3.63, 3.8) is 0 Å². The summed E-state index contributed by atoms with van der Waals surface area (Å²) in [5, 5.41) is 2.67. The number of allylic oxidation sites excluding steroid dienone is 1. The van der Waals surface area contributed by atoms with Crippen LogP contribution >= 0.6 is 0 Å². The molecule has 0 aliphatic carbocycles. The Morgan fingerprint density at radius 1 is 1.27 bits per heavy atom. The lowest BCUT2D eigenvalue weighted by Crippen LogP contribution is -2.16. The molecule has 86 valence electrons. The van der Waals surface area contributed by atoms with Gasteiger partial charge < -0.3 is 5.32 Å². The van der Waals surface area contributed by atoms with Gasteiger partial charge in [-0.15, -0.1) is 0 Å². The summed E-state index contributed by atoms with van der Waals surface area (Å²) in [6, 6.07) is 0. The highest BCUT2D eigenvalue weighted by Gasteiger charge is 1.95. The number of nitrogens with one attached hydrogen (secondary N) is 1. The molecule has 1 amide bonds. The highest BCUT2D eigenvalue weighted by molar-refractivity contribution is 5.92. The molecule has 0 aliphatic rings. The Morgan fingerprint density at radius 3 is 2.53 bits per heavy atom. The minimum Gasteiger partial charge on any atom is -0.329 e. The van der Waals surface area contributed by atoms with E-state index in [1.54, 1.807) is 13.1 Å². The monoisotopic (exact) mass is 209 g/mol. The Bertz CT molecular complexity index is 219. The number of hydrogen-bond acceptors (Lipinski definition) is 1. The van der Waals surface area contributed by atoms with E-state index in [1.165, 1.54) is 32.1 Å². The van der Waals surface area contributed by atoms with Crippen molar-refractivity contribution in [2.45, 2.75) is 52.4 Å². The smallest absolute Gasteiger partial charge is 0.250 e. The molecule has 1 N–H and O–H groups in total. The van der Waals surface area contributed by atoms with E-state index in [0.29, 0.717) is 5.57 Å². The molecule has 0 rings (SSSR count). The van der Waals surface area contributed by atoms with Crippen LogP contribution in [0.5, 0.6) is 0 Å². The molecule has 0 aromatic carbocycles. The van der Waals surface area contributed by atoms with Crippen molar-refractivity contribution in [2.24, 2.45) is 0 Å². The lowest BCUT2D eigenvalue weighted by molar-refractivity contribution is -0.116. The maximum atomic E-state index is 11.1. The molecule has 15 heavy (non-hydrogen) atoms. The van der Waals surface area contributed by atoms with Crippen molar-refractivity contribution in [2.75, 3.05) is 0 Å². The molecule has 2 heteroatoms. The first kappa shape index (κ1) is 13.9. The van der Waals surface area contributed by atoms with E-state index in [0.717, 1.165) is 6.42 Å². The second-order valence-electron chi connectivity index (χ2n) is 3.86. The molecular weight excluding hydrogens is 186 g/mol. The number of unbranched alkanes of at least 4 members (excludes halogenated alkanes) is 5. The van der Waals surface area contributed by atoms with Crippen LogP contribution in [0.15, 0.2) is 24.4 Å². The second kappa shape index (κ2) is 9.50. The normalized spacial score (nSPS) is 10.5. The fourth-order valence-electron chi connectivity index (χ4n) is 1.21. The molecular formula is C13H23NO. The topological polar surface area (TPSA) is 29.1 Å². The molecule has 0 spiro atoms. The van der Waals surface area contributed by atoms with Crippen molar-refractivity contribution >= 4 is 5.91 Å². The van der Waals surface area contributed by atoms with Crippen LogP contribution in [0.1, 0.15) is 52.4 Å². The predicted octanol–water partition coefficient (Wildman–Crippen LogP) is 3.55. The Hall–Kier alpha value is -1.05. The first-order chi connectivity index (χ1) is 7.18. The van der Waals surface area contributed by atoms with E-state index in [2.05, 4.69) is 18.8 Å². The van der Waals surface area contributed by atoms with Crippen molar-refractivity contribution in [3.05, 3.63) is 24.4 Å². The third-order valence-corrected chi connectivity index (χ3v) is 2.19. The van der Waals surface area contributed by atoms with Gasteiger partial charge in [0, 0.05) is 11.8 Å². The average molecular weight is 209 g/mol. The standard InChI is InChI=1S/C13H23NO/c1-4-5-6-7-8-9-10-11-14-13(15)12(2)3/h10-11H,2,4-9H2,1,3H3,(H,14,15). The van der Waals surface area contributed by atoms with Crippen LogP contribution in [0.25, 0.3) is 0 Å². The number of carbonyl (C=O) groups is 1. The molecule has 2 nitrogen and oxygen atoms in total. The van der Waals surface area contributed by atoms with Gasteiger partial charge in [0.1, 0.15) is 0 Å². The van der Waals surface area contributed by atoms with Gasteiger partial charge in [0.25, 0.3) is 0 Å². The minimum absolute atomic E-state index is 0.0998. The van der Waals surface area contributed by atoms with Gasteiger partial charge in [0.15, 0.2) is 0 Å². The van der Waals surface area contributed by atoms with Gasteiger partial charge in [-0.25, -0.2) is 0 Å². The Morgan fingerprint density at radius 2 is 1.93 bits per heavy atom. The van der Waals surface area contributed by atoms with Crippen LogP contribution in [-0.4, -0.2) is 5.91 Å². The Kier molecular flexibility index (Phi) is 8.84. The van der Waals surface area contributed by atoms with Gasteiger partial charge in [-0.05, 0) is 19.8 Å². The zero-order valence-electron chi connectivity index (χ0n) is 10.0. The summed E-state index contributed by atoms with van der Waals surface area (Å²) < 4.78 is 0. The molecule has 0 heterocycles. The zero-order valence-corrected chi connectivity index (χ0v) is 10.0. The molecule has 0 atom stereocenters. The number of amides is 1. The van der Waals surface area contributed by atoms with Crippen LogP contribution in [0.3, 0.4) is 0 Å². The number of rotatable bonds is 8. The Labute approximate surface area is 93.5 Å². The van der Waals surface area contributed by atoms with Gasteiger partial charge >= 0.3 is 0 Å². The largest absolute Gasteiger partial charge is 0.329 e. The number of hydrogen-bond donors (Lipinski definition) is 1. The van der Waals surface area contributed by atoms with Gasteiger partial charge in [-0.1, -0.05) is 45.3 Å². The van der Waals surface area contributed by atoms with Gasteiger partial charge in [-0.3, -0.25) is 4.79 Å². The first-order valence-electron chi connectivity index (χ1n) is 5.80. The van der Waals surface area contributed by atoms with E-state index in [-0.39, 0.29) is 5.91 Å². The third-order valence-electron chi connectivity index (χ3n) is 2.19. The predicted molar refractivity (Wildman–Crippen MR) is 65.5 cm³/mol. The van der Waals surface area contributed by atoms with E-state index in [9.17, 15) is 4.79 Å². The molecule has 0 unspecified atom stereocenters. The molecule has 0 fully saturated rings. The van der Waals surface area contributed by atoms with E-state index in [4.69, 9.17) is 0 Å². The Balaban J connectivity index is 3.32. The van der Waals surface area contributed by atoms with E-state index < -0.39 is 0 Å². The molecule has 0 aromatic rings. The molecule has 0 aliphatic heterocycles. The van der Waals surface area contributed by atoms with Gasteiger partial charge in [0.05, 0.1) is 0 Å². The fraction of sp³-hybridized carbons (Fsp3) is 0.615. The van der Waals surface area contributed by atoms with Gasteiger partial charge in [-0.2, -0.15) is 0 Å². The number of carbonyl (C=O) groups excluding carboxylic acids is 1. The van der Waals surface area contributed by atoms with Crippen molar-refractivity contribution in [1.82, 2.24) is 5.32 Å². The fourth-order valence-corrected chi connectivity index (χ4v) is 1.21. The third kappa shape index (κ3) is 9.26. The van der Waals surface area contributed by atoms with E-state index in [1.807, 2.05) is 6.08 Å². The SMILES string of the molecule is C=C(C)C(=O)NC=CCCCCCCC. The minimum atomic E-state index is -0.0998. The summed E-state index contributed by atoms with van der Waals surface area (Å²) in [6.07, 6.45) is 11.2. The second-order valence-corrected chi connectivity index (χ2v) is 3.86. The summed E-state index contributed by atoms with van der Waals surface area (Å²) in [4.78, 5) is 11.1. The van der Waals surface area contributed by atoms with Crippen molar-refractivity contribution in [3.8, 4) is 0 Å². The lowest BCUT2D eigenvalue weighted by Gasteiger charge is -1.98. The summed E-state index contributed by atoms with van der Waals surface area (Å²) in [5.74, 6) is -0.0998. The summed E-state index contributed by atoms with van der Waals surface area (Å²) in [5.41, 5.74) is 0.544. The quantitative estimate of drug-likeness (QED) is 0.480. The highest BCUT2D eigenvalue weighted by Crippen LogP contribution is 2.04. The lowest BCUT2D eigenvalue weighted by atomic mass is 10.1. The molecule has 0 aromatic heterocycles. The molecule has 0 saturated heterocycles. The van der Waals surface area contributed by atoms with Crippen LogP contribution in [0.2, 0.25) is 0 Å². The first-order valence-corrected chi connectivity index (χ1v) is 5.80. The molecule has 0 saturated carbocycles.